The smallest absolute Gasteiger partial charge is 0.358 e. The first-order valence-corrected chi connectivity index (χ1v) is 6.10. The molecule has 0 spiro atoms. The zero-order valence-electron chi connectivity index (χ0n) is 10.8. The van der Waals surface area contributed by atoms with Crippen LogP contribution in [0.4, 0.5) is 0 Å². The minimum atomic E-state index is -1.06. The molecule has 1 heterocycles. The van der Waals surface area contributed by atoms with E-state index < -0.39 is 5.97 Å². The lowest BCUT2D eigenvalue weighted by Crippen LogP contribution is -2.56. The van der Waals surface area contributed by atoms with Gasteiger partial charge in [0.15, 0.2) is 11.5 Å². The number of nitrogens with zero attached hydrogens (tertiary/aromatic N) is 2. The van der Waals surface area contributed by atoms with Gasteiger partial charge in [0.2, 0.25) is 0 Å². The van der Waals surface area contributed by atoms with Crippen molar-refractivity contribution in [3.8, 4) is 0 Å². The maximum absolute atomic E-state index is 10.6. The fraction of sp³-hybridized carbons (Fsp3) is 0.667. The predicted molar refractivity (Wildman–Crippen MR) is 65.4 cm³/mol. The topological polar surface area (TPSA) is 78.6 Å². The number of aromatic nitrogens is 1. The molecule has 18 heavy (non-hydrogen) atoms. The molecule has 0 saturated heterocycles. The van der Waals surface area contributed by atoms with Gasteiger partial charge in [-0.05, 0) is 33.4 Å². The summed E-state index contributed by atoms with van der Waals surface area (Å²) in [6, 6.07) is 1.46. The molecule has 0 bridgehead atoms. The van der Waals surface area contributed by atoms with E-state index in [9.17, 15) is 4.79 Å². The Morgan fingerprint density at radius 2 is 2.33 bits per heavy atom. The number of carbonyl (C=O) groups is 1. The number of rotatable bonds is 6. The molecule has 1 aromatic rings. The van der Waals surface area contributed by atoms with Crippen LogP contribution >= 0.6 is 0 Å². The maximum atomic E-state index is 10.6. The van der Waals surface area contributed by atoms with Crippen LogP contribution in [0.5, 0.6) is 0 Å². The van der Waals surface area contributed by atoms with Gasteiger partial charge >= 0.3 is 5.97 Å². The zero-order chi connectivity index (χ0) is 13.2. The summed E-state index contributed by atoms with van der Waals surface area (Å²) in [7, 11) is 4.19. The molecular weight excluding hydrogens is 234 g/mol. The highest BCUT2D eigenvalue weighted by Crippen LogP contribution is 2.35. The van der Waals surface area contributed by atoms with Gasteiger partial charge in [-0.1, -0.05) is 5.16 Å². The van der Waals surface area contributed by atoms with Crippen molar-refractivity contribution in [3.63, 3.8) is 0 Å². The number of aromatic carboxylic acids is 1. The third-order valence-electron chi connectivity index (χ3n) is 3.76. The van der Waals surface area contributed by atoms with Crippen LogP contribution in [0.3, 0.4) is 0 Å². The highest BCUT2D eigenvalue weighted by Gasteiger charge is 2.38. The van der Waals surface area contributed by atoms with E-state index in [0.717, 1.165) is 6.54 Å². The van der Waals surface area contributed by atoms with E-state index in [0.29, 0.717) is 12.3 Å². The van der Waals surface area contributed by atoms with Crippen LogP contribution < -0.4 is 5.32 Å². The van der Waals surface area contributed by atoms with Crippen molar-refractivity contribution < 1.29 is 14.4 Å². The van der Waals surface area contributed by atoms with Gasteiger partial charge in [0.1, 0.15) is 0 Å². The number of hydrogen-bond donors (Lipinski definition) is 2. The monoisotopic (exact) mass is 253 g/mol. The second-order valence-electron chi connectivity index (χ2n) is 5.06. The molecule has 0 aliphatic heterocycles. The Balaban J connectivity index is 1.82. The quantitative estimate of drug-likeness (QED) is 0.785. The Hall–Kier alpha value is -1.40. The van der Waals surface area contributed by atoms with Gasteiger partial charge in [-0.3, -0.25) is 0 Å². The number of carboxylic acids is 1. The van der Waals surface area contributed by atoms with Gasteiger partial charge in [0.25, 0.3) is 0 Å². The lowest BCUT2D eigenvalue weighted by molar-refractivity contribution is 0.0592. The number of likely N-dealkylation sites (N-methyl/N-ethyl adjacent to an activating group) is 1. The second-order valence-corrected chi connectivity index (χ2v) is 5.06. The van der Waals surface area contributed by atoms with Crippen LogP contribution in [-0.2, 0) is 6.54 Å². The van der Waals surface area contributed by atoms with Crippen molar-refractivity contribution in [2.75, 3.05) is 20.6 Å². The van der Waals surface area contributed by atoms with E-state index in [1.807, 2.05) is 0 Å². The van der Waals surface area contributed by atoms with Gasteiger partial charge in [-0.15, -0.1) is 0 Å². The summed E-state index contributed by atoms with van der Waals surface area (Å²) in [5.41, 5.74) is 0.202. The highest BCUT2D eigenvalue weighted by molar-refractivity contribution is 5.85. The van der Waals surface area contributed by atoms with Crippen molar-refractivity contribution >= 4 is 5.97 Å². The highest BCUT2D eigenvalue weighted by atomic mass is 16.5. The Labute approximate surface area is 106 Å². The van der Waals surface area contributed by atoms with E-state index >= 15 is 0 Å². The summed E-state index contributed by atoms with van der Waals surface area (Å²) >= 11 is 0. The molecule has 100 valence electrons. The van der Waals surface area contributed by atoms with Crippen molar-refractivity contribution in [1.29, 1.82) is 0 Å². The largest absolute Gasteiger partial charge is 0.476 e. The molecule has 1 fully saturated rings. The van der Waals surface area contributed by atoms with Crippen molar-refractivity contribution in [1.82, 2.24) is 15.4 Å². The van der Waals surface area contributed by atoms with Crippen LogP contribution in [0.15, 0.2) is 10.6 Å². The lowest BCUT2D eigenvalue weighted by Gasteiger charge is -2.47. The van der Waals surface area contributed by atoms with E-state index in [1.165, 1.54) is 25.3 Å². The maximum Gasteiger partial charge on any atom is 0.358 e. The standard InChI is InChI=1S/C12H19N3O3/c1-15(2)12(4-3-5-12)8-13-7-9-6-10(11(16)17)14-18-9/h6,13H,3-5,7-8H2,1-2H3,(H,16,17). The Morgan fingerprint density at radius 1 is 1.61 bits per heavy atom. The predicted octanol–water partition coefficient (Wildman–Crippen LogP) is 0.947. The minimum Gasteiger partial charge on any atom is -0.476 e. The number of nitrogens with one attached hydrogen (secondary N) is 1. The second kappa shape index (κ2) is 5.07. The number of carboxylic acid groups (broad SMARTS) is 1. The Bertz CT molecular complexity index is 424. The summed E-state index contributed by atoms with van der Waals surface area (Å²) in [6.07, 6.45) is 3.67. The lowest BCUT2D eigenvalue weighted by atomic mass is 9.75. The summed E-state index contributed by atoms with van der Waals surface area (Å²) in [6.45, 7) is 1.39. The molecule has 6 nitrogen and oxygen atoms in total. The molecule has 0 unspecified atom stereocenters. The van der Waals surface area contributed by atoms with Crippen molar-refractivity contribution in [2.45, 2.75) is 31.3 Å². The zero-order valence-corrected chi connectivity index (χ0v) is 10.8. The van der Waals surface area contributed by atoms with E-state index in [1.54, 1.807) is 0 Å². The molecule has 6 heteroatoms. The molecule has 0 amide bonds. The molecule has 1 saturated carbocycles. The normalized spacial score (nSPS) is 17.7. The molecule has 1 aliphatic rings. The average molecular weight is 253 g/mol. The van der Waals surface area contributed by atoms with E-state index in [4.69, 9.17) is 9.63 Å². The number of hydrogen-bond acceptors (Lipinski definition) is 5. The minimum absolute atomic E-state index is 0.0437. The van der Waals surface area contributed by atoms with E-state index in [-0.39, 0.29) is 11.2 Å². The molecule has 0 radical (unpaired) electrons. The molecule has 1 aliphatic carbocycles. The van der Waals surface area contributed by atoms with E-state index in [2.05, 4.69) is 29.5 Å². The van der Waals surface area contributed by atoms with Crippen molar-refractivity contribution in [2.24, 2.45) is 0 Å². The molecule has 2 N–H and O–H groups in total. The van der Waals surface area contributed by atoms with Crippen LogP contribution in [-0.4, -0.2) is 47.3 Å². The average Bonchev–Trinajstić information content (AvgIpc) is 2.70. The molecule has 0 atom stereocenters. The summed E-state index contributed by atoms with van der Waals surface area (Å²) < 4.78 is 4.95. The molecule has 2 rings (SSSR count). The first-order valence-electron chi connectivity index (χ1n) is 6.10. The van der Waals surface area contributed by atoms with Gasteiger partial charge in [-0.25, -0.2) is 4.79 Å². The molecular formula is C12H19N3O3. The fourth-order valence-corrected chi connectivity index (χ4v) is 2.28. The summed E-state index contributed by atoms with van der Waals surface area (Å²) in [5, 5.41) is 15.5. The first-order chi connectivity index (χ1) is 8.53. The SMILES string of the molecule is CN(C)C1(CNCc2cc(C(=O)O)no2)CCC1. The van der Waals surface area contributed by atoms with Crippen LogP contribution in [0, 0.1) is 0 Å². The molecule has 0 aromatic carbocycles. The summed E-state index contributed by atoms with van der Waals surface area (Å²) in [5.74, 6) is -0.505. The Kier molecular flexibility index (Phi) is 3.68. The third kappa shape index (κ3) is 2.54. The van der Waals surface area contributed by atoms with Crippen LogP contribution in [0.2, 0.25) is 0 Å². The molecule has 1 aromatic heterocycles. The first kappa shape index (κ1) is 13.0. The fourth-order valence-electron chi connectivity index (χ4n) is 2.28. The van der Waals surface area contributed by atoms with Gasteiger partial charge in [-0.2, -0.15) is 0 Å². The third-order valence-corrected chi connectivity index (χ3v) is 3.76. The van der Waals surface area contributed by atoms with Crippen LogP contribution in [0.25, 0.3) is 0 Å². The van der Waals surface area contributed by atoms with Gasteiger partial charge < -0.3 is 19.8 Å². The Morgan fingerprint density at radius 3 is 2.78 bits per heavy atom. The van der Waals surface area contributed by atoms with Gasteiger partial charge in [0.05, 0.1) is 6.54 Å². The van der Waals surface area contributed by atoms with Crippen LogP contribution in [0.1, 0.15) is 35.5 Å². The summed E-state index contributed by atoms with van der Waals surface area (Å²) in [4.78, 5) is 12.9. The van der Waals surface area contributed by atoms with Crippen molar-refractivity contribution in [3.05, 3.63) is 17.5 Å². The van der Waals surface area contributed by atoms with Gasteiger partial charge in [0, 0.05) is 18.2 Å².